The minimum Gasteiger partial charge on any atom is -0.355 e. The van der Waals surface area contributed by atoms with E-state index in [9.17, 15) is 4.79 Å². The number of nitrogens with one attached hydrogen (secondary N) is 2. The molecule has 1 aromatic heterocycles. The number of piperidine rings is 1. The molecule has 100 valence electrons. The van der Waals surface area contributed by atoms with Gasteiger partial charge in [-0.05, 0) is 38.8 Å². The first kappa shape index (κ1) is 13.4. The summed E-state index contributed by atoms with van der Waals surface area (Å²) < 4.78 is 0. The standard InChI is InChI=1S/C12H19ClN4O/c1-2-17(7-9-4-3-5-14-6-9)11-10(13)12(18)16-8-15-11/h8-9,14H,2-7H2,1H3,(H,15,16,18). The maximum Gasteiger partial charge on any atom is 0.271 e. The summed E-state index contributed by atoms with van der Waals surface area (Å²) >= 11 is 6.02. The van der Waals surface area contributed by atoms with Gasteiger partial charge in [-0.25, -0.2) is 4.98 Å². The van der Waals surface area contributed by atoms with Crippen molar-refractivity contribution in [3.8, 4) is 0 Å². The summed E-state index contributed by atoms with van der Waals surface area (Å²) in [5.41, 5.74) is -0.276. The van der Waals surface area contributed by atoms with Crippen molar-refractivity contribution < 1.29 is 0 Å². The summed E-state index contributed by atoms with van der Waals surface area (Å²) in [4.78, 5) is 20.2. The van der Waals surface area contributed by atoms with Crippen LogP contribution in [0.2, 0.25) is 5.02 Å². The van der Waals surface area contributed by atoms with Gasteiger partial charge in [0, 0.05) is 13.1 Å². The highest BCUT2D eigenvalue weighted by Gasteiger charge is 2.19. The second kappa shape index (κ2) is 6.20. The molecular formula is C12H19ClN4O. The van der Waals surface area contributed by atoms with E-state index < -0.39 is 0 Å². The molecule has 2 N–H and O–H groups in total. The summed E-state index contributed by atoms with van der Waals surface area (Å²) in [5, 5.41) is 3.58. The lowest BCUT2D eigenvalue weighted by Crippen LogP contribution is -2.39. The molecule has 5 nitrogen and oxygen atoms in total. The van der Waals surface area contributed by atoms with Gasteiger partial charge in [0.1, 0.15) is 5.02 Å². The van der Waals surface area contributed by atoms with Crippen molar-refractivity contribution in [3.05, 3.63) is 21.7 Å². The molecule has 1 aliphatic heterocycles. The van der Waals surface area contributed by atoms with Gasteiger partial charge in [-0.3, -0.25) is 4.79 Å². The van der Waals surface area contributed by atoms with Crippen LogP contribution in [0.3, 0.4) is 0 Å². The summed E-state index contributed by atoms with van der Waals surface area (Å²) in [6.45, 7) is 5.87. The Balaban J connectivity index is 2.12. The van der Waals surface area contributed by atoms with E-state index in [2.05, 4.69) is 27.1 Å². The Labute approximate surface area is 112 Å². The number of H-pyrrole nitrogens is 1. The van der Waals surface area contributed by atoms with Crippen LogP contribution in [0.1, 0.15) is 19.8 Å². The predicted molar refractivity (Wildman–Crippen MR) is 73.3 cm³/mol. The predicted octanol–water partition coefficient (Wildman–Crippen LogP) is 1.25. The van der Waals surface area contributed by atoms with E-state index in [0.717, 1.165) is 26.2 Å². The Morgan fingerprint density at radius 3 is 3.11 bits per heavy atom. The third kappa shape index (κ3) is 3.03. The molecule has 0 radical (unpaired) electrons. The van der Waals surface area contributed by atoms with Crippen LogP contribution >= 0.6 is 11.6 Å². The highest BCUT2D eigenvalue weighted by Crippen LogP contribution is 2.21. The Kier molecular flexibility index (Phi) is 4.60. The molecule has 1 unspecified atom stereocenters. The number of halogens is 1. The smallest absolute Gasteiger partial charge is 0.271 e. The molecule has 1 aliphatic rings. The zero-order valence-electron chi connectivity index (χ0n) is 10.6. The highest BCUT2D eigenvalue weighted by atomic mass is 35.5. The molecule has 1 fully saturated rings. The van der Waals surface area contributed by atoms with Gasteiger partial charge in [0.2, 0.25) is 0 Å². The van der Waals surface area contributed by atoms with Gasteiger partial charge in [0.15, 0.2) is 5.82 Å². The molecule has 0 spiro atoms. The number of hydrogen-bond acceptors (Lipinski definition) is 4. The summed E-state index contributed by atoms with van der Waals surface area (Å²) in [7, 11) is 0. The van der Waals surface area contributed by atoms with Crippen molar-refractivity contribution in [1.29, 1.82) is 0 Å². The molecule has 1 atom stereocenters. The molecule has 6 heteroatoms. The van der Waals surface area contributed by atoms with Gasteiger partial charge in [0.25, 0.3) is 5.56 Å². The first-order valence-corrected chi connectivity index (χ1v) is 6.79. The molecule has 2 heterocycles. The van der Waals surface area contributed by atoms with Crippen molar-refractivity contribution in [3.63, 3.8) is 0 Å². The normalized spacial score (nSPS) is 19.8. The molecule has 0 aliphatic carbocycles. The Morgan fingerprint density at radius 1 is 1.61 bits per heavy atom. The average molecular weight is 271 g/mol. The van der Waals surface area contributed by atoms with E-state index >= 15 is 0 Å². The quantitative estimate of drug-likeness (QED) is 0.865. The Bertz CT molecular complexity index is 442. The summed E-state index contributed by atoms with van der Waals surface area (Å²) in [5.74, 6) is 1.18. The van der Waals surface area contributed by atoms with Gasteiger partial charge in [-0.1, -0.05) is 11.6 Å². The zero-order chi connectivity index (χ0) is 13.0. The lowest BCUT2D eigenvalue weighted by molar-refractivity contribution is 0.377. The second-order valence-electron chi connectivity index (χ2n) is 4.62. The summed E-state index contributed by atoms with van der Waals surface area (Å²) in [6.07, 6.45) is 3.83. The third-order valence-electron chi connectivity index (χ3n) is 3.34. The largest absolute Gasteiger partial charge is 0.355 e. The summed E-state index contributed by atoms with van der Waals surface area (Å²) in [6, 6.07) is 0. The lowest BCUT2D eigenvalue weighted by atomic mass is 9.99. The van der Waals surface area contributed by atoms with Crippen molar-refractivity contribution in [1.82, 2.24) is 15.3 Å². The number of hydrogen-bond donors (Lipinski definition) is 2. The van der Waals surface area contributed by atoms with Gasteiger partial charge in [-0.2, -0.15) is 0 Å². The molecule has 0 saturated carbocycles. The first-order chi connectivity index (χ1) is 8.72. The monoisotopic (exact) mass is 270 g/mol. The van der Waals surface area contributed by atoms with Crippen molar-refractivity contribution in [2.45, 2.75) is 19.8 Å². The lowest BCUT2D eigenvalue weighted by Gasteiger charge is -2.30. The SMILES string of the molecule is CCN(CC1CCCNC1)c1nc[nH]c(=O)c1Cl. The number of aromatic amines is 1. The van der Waals surface area contributed by atoms with Gasteiger partial charge in [-0.15, -0.1) is 0 Å². The minimum atomic E-state index is -0.276. The van der Waals surface area contributed by atoms with Crippen molar-refractivity contribution >= 4 is 17.4 Å². The van der Waals surface area contributed by atoms with Crippen LogP contribution in [0, 0.1) is 5.92 Å². The van der Waals surface area contributed by atoms with Crippen LogP contribution in [-0.4, -0.2) is 36.1 Å². The van der Waals surface area contributed by atoms with E-state index in [1.54, 1.807) is 0 Å². The topological polar surface area (TPSA) is 61.0 Å². The van der Waals surface area contributed by atoms with Gasteiger partial charge >= 0.3 is 0 Å². The van der Waals surface area contributed by atoms with Crippen LogP contribution < -0.4 is 15.8 Å². The Hall–Kier alpha value is -1.07. The maximum atomic E-state index is 11.5. The molecule has 2 rings (SSSR count). The van der Waals surface area contributed by atoms with E-state index in [1.165, 1.54) is 19.2 Å². The fourth-order valence-corrected chi connectivity index (χ4v) is 2.57. The molecule has 0 amide bonds. The molecular weight excluding hydrogens is 252 g/mol. The van der Waals surface area contributed by atoms with Crippen molar-refractivity contribution in [2.75, 3.05) is 31.1 Å². The highest BCUT2D eigenvalue weighted by molar-refractivity contribution is 6.32. The molecule has 18 heavy (non-hydrogen) atoms. The van der Waals surface area contributed by atoms with E-state index in [4.69, 9.17) is 11.6 Å². The van der Waals surface area contributed by atoms with Crippen LogP contribution in [0.25, 0.3) is 0 Å². The molecule has 1 aromatic rings. The molecule has 0 bridgehead atoms. The fraction of sp³-hybridized carbons (Fsp3) is 0.667. The minimum absolute atomic E-state index is 0.183. The van der Waals surface area contributed by atoms with Gasteiger partial charge < -0.3 is 15.2 Å². The van der Waals surface area contributed by atoms with Crippen LogP contribution in [0.5, 0.6) is 0 Å². The van der Waals surface area contributed by atoms with Crippen molar-refractivity contribution in [2.24, 2.45) is 5.92 Å². The maximum absolute atomic E-state index is 11.5. The van der Waals surface area contributed by atoms with Crippen LogP contribution in [-0.2, 0) is 0 Å². The first-order valence-electron chi connectivity index (χ1n) is 6.41. The Morgan fingerprint density at radius 2 is 2.44 bits per heavy atom. The molecule has 1 saturated heterocycles. The van der Waals surface area contributed by atoms with Crippen LogP contribution in [0.4, 0.5) is 5.82 Å². The van der Waals surface area contributed by atoms with Gasteiger partial charge in [0.05, 0.1) is 6.33 Å². The van der Waals surface area contributed by atoms with Crippen LogP contribution in [0.15, 0.2) is 11.1 Å². The molecule has 0 aromatic carbocycles. The number of nitrogens with zero attached hydrogens (tertiary/aromatic N) is 2. The zero-order valence-corrected chi connectivity index (χ0v) is 11.3. The van der Waals surface area contributed by atoms with E-state index in [-0.39, 0.29) is 10.6 Å². The fourth-order valence-electron chi connectivity index (χ4n) is 2.35. The van der Waals surface area contributed by atoms with E-state index in [1.807, 2.05) is 0 Å². The third-order valence-corrected chi connectivity index (χ3v) is 3.68. The number of rotatable bonds is 4. The average Bonchev–Trinajstić information content (AvgIpc) is 2.41. The second-order valence-corrected chi connectivity index (χ2v) is 5.00. The number of anilines is 1. The number of aromatic nitrogens is 2. The van der Waals surface area contributed by atoms with E-state index in [0.29, 0.717) is 11.7 Å².